The van der Waals surface area contributed by atoms with Gasteiger partial charge in [0, 0.05) is 11.2 Å². The van der Waals surface area contributed by atoms with Gasteiger partial charge in [-0.2, -0.15) is 0 Å². The minimum Gasteiger partial charge on any atom is -0.457 e. The van der Waals surface area contributed by atoms with E-state index in [-0.39, 0.29) is 11.2 Å². The van der Waals surface area contributed by atoms with Gasteiger partial charge in [0.1, 0.15) is 11.5 Å². The number of nitrogens with two attached hydrogens (primary N) is 1. The molecule has 0 saturated carbocycles. The number of nitrogen functional groups attached to an aromatic ring is 1. The third-order valence-corrected chi connectivity index (χ3v) is 4.85. The molecule has 1 aliphatic rings. The summed E-state index contributed by atoms with van der Waals surface area (Å²) in [6, 6.07) is 13.4. The average Bonchev–Trinajstić information content (AvgIpc) is 2.71. The molecule has 0 spiro atoms. The van der Waals surface area contributed by atoms with Crippen LogP contribution in [0.4, 0.5) is 5.69 Å². The predicted octanol–water partition coefficient (Wildman–Crippen LogP) is 3.67. The van der Waals surface area contributed by atoms with Gasteiger partial charge in [-0.3, -0.25) is 0 Å². The molecule has 2 N–H and O–H groups in total. The van der Waals surface area contributed by atoms with Crippen molar-refractivity contribution >= 4 is 18.3 Å². The molecule has 3 rings (SSSR count). The summed E-state index contributed by atoms with van der Waals surface area (Å²) in [6.45, 7) is 10.1. The Kier molecular flexibility index (Phi) is 4.10. The number of ether oxygens (including phenoxy) is 1. The van der Waals surface area contributed by atoms with E-state index in [1.54, 1.807) is 0 Å². The third-order valence-electron chi connectivity index (χ3n) is 4.85. The van der Waals surface area contributed by atoms with Gasteiger partial charge in [-0.15, -0.1) is 0 Å². The Labute approximate surface area is 144 Å². The van der Waals surface area contributed by atoms with Crippen LogP contribution in [0.3, 0.4) is 0 Å². The van der Waals surface area contributed by atoms with E-state index in [4.69, 9.17) is 19.8 Å². The van der Waals surface area contributed by atoms with Crippen molar-refractivity contribution in [3.63, 3.8) is 0 Å². The normalized spacial score (nSPS) is 18.6. The van der Waals surface area contributed by atoms with Gasteiger partial charge < -0.3 is 19.8 Å². The molecule has 1 aliphatic heterocycles. The summed E-state index contributed by atoms with van der Waals surface area (Å²) in [5.41, 5.74) is 7.63. The first-order valence-electron chi connectivity index (χ1n) is 8.18. The van der Waals surface area contributed by atoms with Crippen molar-refractivity contribution < 1.29 is 14.0 Å². The fourth-order valence-corrected chi connectivity index (χ4v) is 2.64. The fourth-order valence-electron chi connectivity index (χ4n) is 2.64. The Morgan fingerprint density at radius 2 is 1.54 bits per heavy atom. The van der Waals surface area contributed by atoms with Gasteiger partial charge in [-0.25, -0.2) is 0 Å². The summed E-state index contributed by atoms with van der Waals surface area (Å²) >= 11 is 0. The van der Waals surface area contributed by atoms with Crippen molar-refractivity contribution in [3.05, 3.63) is 48.0 Å². The second-order valence-corrected chi connectivity index (χ2v) is 7.25. The van der Waals surface area contributed by atoms with E-state index < -0.39 is 7.12 Å². The molecule has 0 amide bonds. The topological polar surface area (TPSA) is 53.7 Å². The van der Waals surface area contributed by atoms with Crippen molar-refractivity contribution in [2.24, 2.45) is 0 Å². The molecule has 24 heavy (non-hydrogen) atoms. The molecule has 0 aromatic heterocycles. The zero-order valence-corrected chi connectivity index (χ0v) is 14.9. The summed E-state index contributed by atoms with van der Waals surface area (Å²) < 4.78 is 18.4. The minimum atomic E-state index is -0.458. The van der Waals surface area contributed by atoms with Crippen LogP contribution in [0.15, 0.2) is 42.5 Å². The second kappa shape index (κ2) is 5.83. The summed E-state index contributed by atoms with van der Waals surface area (Å²) in [4.78, 5) is 0. The Balaban J connectivity index is 1.92. The van der Waals surface area contributed by atoms with E-state index >= 15 is 0 Å². The van der Waals surface area contributed by atoms with Crippen LogP contribution in [-0.4, -0.2) is 18.3 Å². The van der Waals surface area contributed by atoms with E-state index in [0.29, 0.717) is 0 Å². The molecule has 2 aromatic rings. The maximum Gasteiger partial charge on any atom is 0.498 e. The lowest BCUT2D eigenvalue weighted by atomic mass is 9.78. The SMILES string of the molecule is Cc1cc(N)ccc1Oc1ccccc1B1OC(C)(C)C(C)(C)O1. The van der Waals surface area contributed by atoms with Crippen LogP contribution in [-0.2, 0) is 9.31 Å². The van der Waals surface area contributed by atoms with E-state index in [1.807, 2.05) is 77.1 Å². The van der Waals surface area contributed by atoms with Crippen LogP contribution < -0.4 is 15.9 Å². The van der Waals surface area contributed by atoms with Gasteiger partial charge in [0.05, 0.1) is 11.2 Å². The smallest absolute Gasteiger partial charge is 0.457 e. The Hall–Kier alpha value is -1.98. The van der Waals surface area contributed by atoms with E-state index in [0.717, 1.165) is 28.2 Å². The lowest BCUT2D eigenvalue weighted by Crippen LogP contribution is -2.41. The molecule has 0 bridgehead atoms. The maximum atomic E-state index is 6.16. The molecular weight excluding hydrogens is 301 g/mol. The number of para-hydroxylation sites is 1. The van der Waals surface area contributed by atoms with Crippen molar-refractivity contribution in [2.45, 2.75) is 45.8 Å². The largest absolute Gasteiger partial charge is 0.498 e. The predicted molar refractivity (Wildman–Crippen MR) is 97.8 cm³/mol. The highest BCUT2D eigenvalue weighted by atomic mass is 16.7. The standard InChI is InChI=1S/C19H24BNO3/c1-13-12-14(21)10-11-16(13)22-17-9-7-6-8-15(17)20-23-18(2,3)19(4,5)24-20/h6-12H,21H2,1-5H3. The first-order valence-corrected chi connectivity index (χ1v) is 8.18. The zero-order chi connectivity index (χ0) is 17.5. The lowest BCUT2D eigenvalue weighted by molar-refractivity contribution is 0.00578. The fraction of sp³-hybridized carbons (Fsp3) is 0.368. The number of benzene rings is 2. The zero-order valence-electron chi connectivity index (χ0n) is 14.9. The molecule has 0 unspecified atom stereocenters. The highest BCUT2D eigenvalue weighted by Gasteiger charge is 2.52. The van der Waals surface area contributed by atoms with Crippen LogP contribution >= 0.6 is 0 Å². The van der Waals surface area contributed by atoms with Crippen molar-refractivity contribution in [3.8, 4) is 11.5 Å². The molecular formula is C19H24BNO3. The molecule has 0 radical (unpaired) electrons. The van der Waals surface area contributed by atoms with Crippen LogP contribution in [0.1, 0.15) is 33.3 Å². The van der Waals surface area contributed by atoms with Gasteiger partial charge in [-0.05, 0) is 64.4 Å². The van der Waals surface area contributed by atoms with Crippen molar-refractivity contribution in [1.82, 2.24) is 0 Å². The van der Waals surface area contributed by atoms with Crippen LogP contribution in [0, 0.1) is 6.92 Å². The molecule has 2 aromatic carbocycles. The second-order valence-electron chi connectivity index (χ2n) is 7.25. The summed E-state index contributed by atoms with van der Waals surface area (Å²) in [5.74, 6) is 1.50. The number of aryl methyl sites for hydroxylation is 1. The number of hydrogen-bond acceptors (Lipinski definition) is 4. The number of anilines is 1. The van der Waals surface area contributed by atoms with E-state index in [9.17, 15) is 0 Å². The Morgan fingerprint density at radius 3 is 2.17 bits per heavy atom. The summed E-state index contributed by atoms with van der Waals surface area (Å²) in [5, 5.41) is 0. The quantitative estimate of drug-likeness (QED) is 0.691. The molecule has 0 aliphatic carbocycles. The summed E-state index contributed by atoms with van der Waals surface area (Å²) in [6.07, 6.45) is 0. The lowest BCUT2D eigenvalue weighted by Gasteiger charge is -2.32. The summed E-state index contributed by atoms with van der Waals surface area (Å²) in [7, 11) is -0.458. The third kappa shape index (κ3) is 3.02. The molecule has 5 heteroatoms. The van der Waals surface area contributed by atoms with Crippen LogP contribution in [0.2, 0.25) is 0 Å². The Morgan fingerprint density at radius 1 is 0.917 bits per heavy atom. The van der Waals surface area contributed by atoms with E-state index in [2.05, 4.69) is 0 Å². The van der Waals surface area contributed by atoms with Crippen LogP contribution in [0.5, 0.6) is 11.5 Å². The Bertz CT molecular complexity index is 742. The highest BCUT2D eigenvalue weighted by Crippen LogP contribution is 2.37. The van der Waals surface area contributed by atoms with Crippen LogP contribution in [0.25, 0.3) is 0 Å². The average molecular weight is 325 g/mol. The van der Waals surface area contributed by atoms with Crippen molar-refractivity contribution in [1.29, 1.82) is 0 Å². The maximum absolute atomic E-state index is 6.16. The molecule has 126 valence electrons. The number of hydrogen-bond donors (Lipinski definition) is 1. The van der Waals surface area contributed by atoms with Gasteiger partial charge in [0.15, 0.2) is 0 Å². The monoisotopic (exact) mass is 325 g/mol. The molecule has 1 saturated heterocycles. The first-order chi connectivity index (χ1) is 11.2. The molecule has 4 nitrogen and oxygen atoms in total. The van der Waals surface area contributed by atoms with Gasteiger partial charge in [0.25, 0.3) is 0 Å². The minimum absolute atomic E-state index is 0.387. The van der Waals surface area contributed by atoms with Crippen molar-refractivity contribution in [2.75, 3.05) is 5.73 Å². The van der Waals surface area contributed by atoms with E-state index in [1.165, 1.54) is 0 Å². The first kappa shape index (κ1) is 16.9. The highest BCUT2D eigenvalue weighted by molar-refractivity contribution is 6.63. The van der Waals surface area contributed by atoms with Gasteiger partial charge >= 0.3 is 7.12 Å². The van der Waals surface area contributed by atoms with Gasteiger partial charge in [0.2, 0.25) is 0 Å². The van der Waals surface area contributed by atoms with Gasteiger partial charge in [-0.1, -0.05) is 18.2 Å². The molecule has 1 fully saturated rings. The molecule has 0 atom stereocenters. The molecule has 1 heterocycles. The number of rotatable bonds is 3.